The number of unbranched alkanes of at least 4 members (excludes halogenated alkanes) is 3. The Morgan fingerprint density at radius 3 is 1.95 bits per heavy atom. The molecule has 0 bridgehead atoms. The predicted molar refractivity (Wildman–Crippen MR) is 257 cm³/mol. The molecule has 11 heteroatoms. The van der Waals surface area contributed by atoms with Gasteiger partial charge in [0.1, 0.15) is 34.5 Å². The largest absolute Gasteiger partial charge is 0.476 e. The number of carbonyl (C=O) groups is 3. The van der Waals surface area contributed by atoms with Crippen LogP contribution in [0.4, 0.5) is 5.69 Å². The van der Waals surface area contributed by atoms with Gasteiger partial charge in [-0.05, 0) is 92.4 Å². The second-order valence-corrected chi connectivity index (χ2v) is 19.8. The third-order valence-corrected chi connectivity index (χ3v) is 16.5. The number of nitrogens with zero attached hydrogens (tertiary/aromatic N) is 2. The minimum Gasteiger partial charge on any atom is -0.476 e. The zero-order valence-corrected chi connectivity index (χ0v) is 37.4. The second kappa shape index (κ2) is 21.4. The predicted octanol–water partition coefficient (Wildman–Crippen LogP) is 9.40. The minimum atomic E-state index is -1.91. The number of ether oxygens (including phenoxy) is 1. The molecule has 63 heavy (non-hydrogen) atoms. The maximum atomic E-state index is 13.7. The van der Waals surface area contributed by atoms with Crippen LogP contribution in [0.5, 0.6) is 5.75 Å². The zero-order chi connectivity index (χ0) is 44.2. The minimum absolute atomic E-state index is 0.0871. The maximum absolute atomic E-state index is 13.7. The van der Waals surface area contributed by atoms with E-state index in [0.29, 0.717) is 72.0 Å². The van der Waals surface area contributed by atoms with Gasteiger partial charge in [-0.25, -0.2) is 4.79 Å². The van der Waals surface area contributed by atoms with Crippen LogP contribution in [0.3, 0.4) is 0 Å². The lowest BCUT2D eigenvalue weighted by Gasteiger charge is -2.36. The Kier molecular flexibility index (Phi) is 15.3. The zero-order valence-electron chi connectivity index (χ0n) is 35.7. The summed E-state index contributed by atoms with van der Waals surface area (Å²) < 4.78 is 11.7. The van der Waals surface area contributed by atoms with E-state index < -0.39 is 19.0 Å². The number of amides is 3. The maximum Gasteiger partial charge on any atom is 0.336 e. The van der Waals surface area contributed by atoms with Crippen LogP contribution in [0.2, 0.25) is 5.02 Å². The van der Waals surface area contributed by atoms with Gasteiger partial charge >= 0.3 is 5.63 Å². The molecule has 9 nitrogen and oxygen atoms in total. The molecule has 0 aliphatic carbocycles. The Balaban J connectivity index is 0.926. The van der Waals surface area contributed by atoms with Crippen LogP contribution in [0.15, 0.2) is 155 Å². The van der Waals surface area contributed by atoms with Gasteiger partial charge in [0, 0.05) is 73.4 Å². The molecular formula is C52H54ClN3O6P+. The smallest absolute Gasteiger partial charge is 0.336 e. The molecule has 1 aliphatic rings. The Bertz CT molecular complexity index is 2480. The van der Waals surface area contributed by atoms with E-state index in [1.807, 2.05) is 11.8 Å². The van der Waals surface area contributed by atoms with Crippen molar-refractivity contribution in [3.8, 4) is 16.9 Å². The van der Waals surface area contributed by atoms with Gasteiger partial charge in [-0.2, -0.15) is 0 Å². The van der Waals surface area contributed by atoms with Crippen molar-refractivity contribution in [3.63, 3.8) is 0 Å². The van der Waals surface area contributed by atoms with E-state index in [1.165, 1.54) is 28.1 Å². The van der Waals surface area contributed by atoms with Crippen molar-refractivity contribution < 1.29 is 23.5 Å². The molecular weight excluding hydrogens is 829 g/mol. The summed E-state index contributed by atoms with van der Waals surface area (Å²) in [6, 6.07) is 44.2. The number of halogens is 1. The van der Waals surface area contributed by atoms with Crippen molar-refractivity contribution in [3.05, 3.63) is 162 Å². The molecule has 1 saturated heterocycles. The normalized spacial score (nSPS) is 13.4. The molecule has 1 N–H and O–H groups in total. The number of fused-ring (bicyclic) bond motifs is 1. The van der Waals surface area contributed by atoms with Crippen molar-refractivity contribution >= 4 is 69.2 Å². The number of hydrogen-bond donors (Lipinski definition) is 1. The SMILES string of the molecule is C=C[C@@H](Oc1ccc2c(-c3ccc(NC(=O)CCCC)cc3Cl)cc(=O)oc2c1)C(=O)N1CCN(C(=O)CCCCC[P+](c2ccccc2)(c2ccccc2)c2ccccc2)CC1. The first-order valence-electron chi connectivity index (χ1n) is 21.8. The summed E-state index contributed by atoms with van der Waals surface area (Å²) in [7, 11) is -1.91. The van der Waals surface area contributed by atoms with Gasteiger partial charge in [-0.15, -0.1) is 0 Å². The van der Waals surface area contributed by atoms with E-state index >= 15 is 0 Å². The lowest BCUT2D eigenvalue weighted by molar-refractivity contribution is -0.142. The molecule has 3 amide bonds. The van der Waals surface area contributed by atoms with E-state index in [2.05, 4.69) is 103 Å². The van der Waals surface area contributed by atoms with Crippen LogP contribution in [0.25, 0.3) is 22.1 Å². The van der Waals surface area contributed by atoms with Gasteiger partial charge < -0.3 is 24.3 Å². The van der Waals surface area contributed by atoms with Crippen LogP contribution in [-0.4, -0.2) is 66.0 Å². The number of carbonyl (C=O) groups excluding carboxylic acids is 3. The molecule has 0 spiro atoms. The monoisotopic (exact) mass is 882 g/mol. The summed E-state index contributed by atoms with van der Waals surface area (Å²) in [6.45, 7) is 7.54. The summed E-state index contributed by atoms with van der Waals surface area (Å²) in [6.07, 6.45) is 6.82. The first-order chi connectivity index (χ1) is 30.7. The third kappa shape index (κ3) is 10.8. The fourth-order valence-electron chi connectivity index (χ4n) is 8.36. The number of piperazine rings is 1. The molecule has 5 aromatic carbocycles. The highest BCUT2D eigenvalue weighted by Gasteiger charge is 2.44. The number of hydrogen-bond acceptors (Lipinski definition) is 6. The Morgan fingerprint density at radius 2 is 1.37 bits per heavy atom. The topological polar surface area (TPSA) is 109 Å². The summed E-state index contributed by atoms with van der Waals surface area (Å²) in [5.74, 6) is 0.0816. The molecule has 0 saturated carbocycles. The van der Waals surface area contributed by atoms with Gasteiger partial charge in [-0.3, -0.25) is 14.4 Å². The lowest BCUT2D eigenvalue weighted by Crippen LogP contribution is -2.53. The fraction of sp³-hybridized carbons (Fsp3) is 0.269. The van der Waals surface area contributed by atoms with E-state index in [1.54, 1.807) is 41.3 Å². The van der Waals surface area contributed by atoms with E-state index in [0.717, 1.165) is 38.3 Å². The van der Waals surface area contributed by atoms with Gasteiger partial charge in [0.15, 0.2) is 6.10 Å². The highest BCUT2D eigenvalue weighted by molar-refractivity contribution is 7.95. The van der Waals surface area contributed by atoms with Gasteiger partial charge in [0.05, 0.1) is 11.2 Å². The number of benzene rings is 5. The van der Waals surface area contributed by atoms with Crippen LogP contribution in [-0.2, 0) is 14.4 Å². The summed E-state index contributed by atoms with van der Waals surface area (Å²) in [4.78, 5) is 55.7. The first kappa shape index (κ1) is 45.0. The number of nitrogens with one attached hydrogen (secondary N) is 1. The first-order valence-corrected chi connectivity index (χ1v) is 24.1. The van der Waals surface area contributed by atoms with Gasteiger partial charge in [0.25, 0.3) is 5.91 Å². The molecule has 0 unspecified atom stereocenters. The highest BCUT2D eigenvalue weighted by atomic mass is 35.5. The number of rotatable bonds is 18. The quantitative estimate of drug-likeness (QED) is 0.0399. The van der Waals surface area contributed by atoms with E-state index in [9.17, 15) is 19.2 Å². The standard InChI is InChI=1S/C52H53ClN3O6P/c1-3-5-24-49(57)54-38-26-28-43(46(53)35-38)45-37-51(59)62-48-36-39(27-29-44(45)48)61-47(4-2)52(60)56-32-30-55(31-33-56)50(58)25-16-9-17-34-63(40-18-10-6-11-19-40,41-20-12-7-13-21-41)42-22-14-8-15-23-42/h4,6-8,10-15,18-23,26-29,35-37,47H,2-3,5,9,16-17,24-25,30-34H2,1H3/p+1/t47-/m1/s1. The second-order valence-electron chi connectivity index (χ2n) is 15.8. The van der Waals surface area contributed by atoms with Gasteiger partial charge in [0.2, 0.25) is 11.8 Å². The van der Waals surface area contributed by atoms with Crippen LogP contribution >= 0.6 is 18.9 Å². The molecule has 2 heterocycles. The van der Waals surface area contributed by atoms with Crippen molar-refractivity contribution in [2.24, 2.45) is 0 Å². The molecule has 1 fully saturated rings. The molecule has 1 aromatic heterocycles. The third-order valence-electron chi connectivity index (χ3n) is 11.7. The molecule has 324 valence electrons. The van der Waals surface area contributed by atoms with Crippen LogP contribution < -0.4 is 31.6 Å². The average Bonchev–Trinajstić information content (AvgIpc) is 3.31. The lowest BCUT2D eigenvalue weighted by atomic mass is 10.0. The summed E-state index contributed by atoms with van der Waals surface area (Å²) in [5, 5.41) is 7.94. The molecule has 6 aromatic rings. The number of anilines is 1. The van der Waals surface area contributed by atoms with E-state index in [4.69, 9.17) is 20.8 Å². The Hall–Kier alpha value is -6.02. The van der Waals surface area contributed by atoms with Crippen LogP contribution in [0, 0.1) is 0 Å². The Morgan fingerprint density at radius 1 is 0.746 bits per heavy atom. The van der Waals surface area contributed by atoms with E-state index in [-0.39, 0.29) is 23.3 Å². The average molecular weight is 883 g/mol. The summed E-state index contributed by atoms with van der Waals surface area (Å²) >= 11 is 6.68. The molecule has 7 rings (SSSR count). The molecule has 0 radical (unpaired) electrons. The summed E-state index contributed by atoms with van der Waals surface area (Å²) in [5.41, 5.74) is 1.40. The van der Waals surface area contributed by atoms with Crippen LogP contribution in [0.1, 0.15) is 51.9 Å². The van der Waals surface area contributed by atoms with Gasteiger partial charge in [-0.1, -0.05) is 92.2 Å². The van der Waals surface area contributed by atoms with Crippen molar-refractivity contribution in [1.29, 1.82) is 0 Å². The Labute approximate surface area is 375 Å². The molecule has 1 atom stereocenters. The van der Waals surface area contributed by atoms with Crippen molar-refractivity contribution in [2.75, 3.05) is 37.7 Å². The van der Waals surface area contributed by atoms with Crippen molar-refractivity contribution in [2.45, 2.75) is 58.0 Å². The molecule has 1 aliphatic heterocycles. The van der Waals surface area contributed by atoms with Crippen molar-refractivity contribution in [1.82, 2.24) is 9.80 Å². The highest BCUT2D eigenvalue weighted by Crippen LogP contribution is 2.56. The fourth-order valence-corrected chi connectivity index (χ4v) is 13.0.